The molecule has 0 unspecified atom stereocenters. The average Bonchev–Trinajstić information content (AvgIpc) is 2.44. The predicted octanol–water partition coefficient (Wildman–Crippen LogP) is 5.29. The second kappa shape index (κ2) is 7.10. The number of anilines is 1. The Morgan fingerprint density at radius 3 is 2.57 bits per heavy atom. The van der Waals surface area contributed by atoms with Crippen LogP contribution in [0.2, 0.25) is 5.02 Å². The Kier molecular flexibility index (Phi) is 5.43. The Hall–Kier alpha value is -1.32. The summed E-state index contributed by atoms with van der Waals surface area (Å²) in [5.41, 5.74) is 4.43. The second-order valence-electron chi connectivity index (χ2n) is 5.10. The maximum absolute atomic E-state index is 12.0. The van der Waals surface area contributed by atoms with E-state index in [1.807, 2.05) is 12.1 Å². The molecule has 1 amide bonds. The minimum Gasteiger partial charge on any atom is -0.326 e. The molecule has 2 nitrogen and oxygen atoms in total. The zero-order chi connectivity index (χ0) is 15.4. The van der Waals surface area contributed by atoms with Crippen LogP contribution in [0.5, 0.6) is 0 Å². The number of carbonyl (C=O) groups is 1. The zero-order valence-electron chi connectivity index (χ0n) is 12.0. The van der Waals surface area contributed by atoms with Crippen LogP contribution in [-0.2, 0) is 11.2 Å². The maximum Gasteiger partial charge on any atom is 0.224 e. The van der Waals surface area contributed by atoms with E-state index < -0.39 is 0 Å². The summed E-state index contributed by atoms with van der Waals surface area (Å²) in [7, 11) is 0. The first-order valence-electron chi connectivity index (χ1n) is 6.77. The lowest BCUT2D eigenvalue weighted by atomic mass is 10.0. The molecule has 110 valence electrons. The van der Waals surface area contributed by atoms with Gasteiger partial charge in [-0.3, -0.25) is 4.79 Å². The van der Waals surface area contributed by atoms with Gasteiger partial charge in [-0.25, -0.2) is 0 Å². The van der Waals surface area contributed by atoms with Gasteiger partial charge in [0.2, 0.25) is 5.91 Å². The molecule has 2 aromatic carbocycles. The van der Waals surface area contributed by atoms with Crippen molar-refractivity contribution in [3.05, 3.63) is 62.6 Å². The Balaban J connectivity index is 1.92. The molecule has 0 bridgehead atoms. The van der Waals surface area contributed by atoms with E-state index in [0.29, 0.717) is 17.1 Å². The molecule has 0 saturated heterocycles. The molecule has 0 atom stereocenters. The topological polar surface area (TPSA) is 29.1 Å². The van der Waals surface area contributed by atoms with Crippen LogP contribution in [0.4, 0.5) is 5.69 Å². The lowest BCUT2D eigenvalue weighted by Crippen LogP contribution is -2.12. The van der Waals surface area contributed by atoms with Crippen LogP contribution in [0.25, 0.3) is 0 Å². The van der Waals surface area contributed by atoms with E-state index in [0.717, 1.165) is 10.9 Å². The van der Waals surface area contributed by atoms with E-state index in [9.17, 15) is 4.79 Å². The van der Waals surface area contributed by atoms with E-state index >= 15 is 0 Å². The fourth-order valence-corrected chi connectivity index (χ4v) is 2.44. The number of benzene rings is 2. The quantitative estimate of drug-likeness (QED) is 0.782. The van der Waals surface area contributed by atoms with Crippen molar-refractivity contribution in [3.8, 4) is 0 Å². The molecule has 0 fully saturated rings. The summed E-state index contributed by atoms with van der Waals surface area (Å²) in [5, 5.41) is 3.45. The van der Waals surface area contributed by atoms with E-state index in [1.54, 1.807) is 6.07 Å². The van der Waals surface area contributed by atoms with Gasteiger partial charge >= 0.3 is 0 Å². The van der Waals surface area contributed by atoms with Gasteiger partial charge in [-0.05, 0) is 71.1 Å². The summed E-state index contributed by atoms with van der Waals surface area (Å²) in [6.45, 7) is 4.17. The summed E-state index contributed by atoms with van der Waals surface area (Å²) >= 11 is 9.33. The van der Waals surface area contributed by atoms with E-state index in [1.165, 1.54) is 16.7 Å². The van der Waals surface area contributed by atoms with Gasteiger partial charge in [0, 0.05) is 16.6 Å². The van der Waals surface area contributed by atoms with Gasteiger partial charge in [0.15, 0.2) is 0 Å². The number of aryl methyl sites for hydroxylation is 3. The minimum atomic E-state index is -0.00776. The molecule has 0 saturated carbocycles. The number of halogens is 2. The number of rotatable bonds is 4. The molecule has 4 heteroatoms. The molecule has 0 heterocycles. The third kappa shape index (κ3) is 4.58. The van der Waals surface area contributed by atoms with Crippen molar-refractivity contribution in [2.45, 2.75) is 26.7 Å². The number of carbonyl (C=O) groups excluding carboxylic acids is 1. The lowest BCUT2D eigenvalue weighted by molar-refractivity contribution is -0.116. The van der Waals surface area contributed by atoms with Crippen LogP contribution < -0.4 is 5.32 Å². The second-order valence-corrected chi connectivity index (χ2v) is 6.36. The first-order valence-corrected chi connectivity index (χ1v) is 7.94. The van der Waals surface area contributed by atoms with Crippen molar-refractivity contribution in [2.24, 2.45) is 0 Å². The molecule has 0 aliphatic carbocycles. The van der Waals surface area contributed by atoms with Crippen molar-refractivity contribution in [3.63, 3.8) is 0 Å². The SMILES string of the molecule is Cc1ccc(CCC(=O)Nc2ccc(Br)c(Cl)c2)cc1C. The Morgan fingerprint density at radius 1 is 1.14 bits per heavy atom. The van der Waals surface area contributed by atoms with Crippen LogP contribution in [0.3, 0.4) is 0 Å². The largest absolute Gasteiger partial charge is 0.326 e. The first kappa shape index (κ1) is 16.1. The van der Waals surface area contributed by atoms with Crippen molar-refractivity contribution < 1.29 is 4.79 Å². The first-order chi connectivity index (χ1) is 9.95. The minimum absolute atomic E-state index is 0.00776. The molecule has 0 aromatic heterocycles. The number of hydrogen-bond donors (Lipinski definition) is 1. The van der Waals surface area contributed by atoms with Gasteiger partial charge in [0.1, 0.15) is 0 Å². The molecule has 2 aromatic rings. The van der Waals surface area contributed by atoms with E-state index in [4.69, 9.17) is 11.6 Å². The van der Waals surface area contributed by atoms with E-state index in [2.05, 4.69) is 53.3 Å². The fraction of sp³-hybridized carbons (Fsp3) is 0.235. The maximum atomic E-state index is 12.0. The normalized spacial score (nSPS) is 10.5. The molecular formula is C17H17BrClNO. The van der Waals surface area contributed by atoms with Crippen molar-refractivity contribution >= 4 is 39.1 Å². The molecule has 21 heavy (non-hydrogen) atoms. The Morgan fingerprint density at radius 2 is 1.90 bits per heavy atom. The van der Waals surface area contributed by atoms with Crippen LogP contribution in [0.1, 0.15) is 23.1 Å². The van der Waals surface area contributed by atoms with Gasteiger partial charge in [-0.15, -0.1) is 0 Å². The summed E-state index contributed by atoms with van der Waals surface area (Å²) in [4.78, 5) is 12.0. The summed E-state index contributed by atoms with van der Waals surface area (Å²) in [6, 6.07) is 11.7. The summed E-state index contributed by atoms with van der Waals surface area (Å²) < 4.78 is 0.817. The van der Waals surface area contributed by atoms with E-state index in [-0.39, 0.29) is 5.91 Å². The zero-order valence-corrected chi connectivity index (χ0v) is 14.4. The van der Waals surface area contributed by atoms with Crippen LogP contribution in [0.15, 0.2) is 40.9 Å². The molecule has 0 aliphatic heterocycles. The lowest BCUT2D eigenvalue weighted by Gasteiger charge is -2.08. The molecule has 0 aliphatic rings. The highest BCUT2D eigenvalue weighted by molar-refractivity contribution is 9.10. The number of nitrogens with one attached hydrogen (secondary N) is 1. The standard InChI is InChI=1S/C17H17BrClNO/c1-11-3-4-13(9-12(11)2)5-8-17(21)20-14-6-7-15(18)16(19)10-14/h3-4,6-7,9-10H,5,8H2,1-2H3,(H,20,21). The molecule has 1 N–H and O–H groups in total. The van der Waals surface area contributed by atoms with Crippen LogP contribution in [0, 0.1) is 13.8 Å². The third-order valence-electron chi connectivity index (χ3n) is 3.42. The fourth-order valence-electron chi connectivity index (χ4n) is 2.01. The highest BCUT2D eigenvalue weighted by Crippen LogP contribution is 2.25. The highest BCUT2D eigenvalue weighted by Gasteiger charge is 2.05. The van der Waals surface area contributed by atoms with Gasteiger partial charge in [-0.2, -0.15) is 0 Å². The van der Waals surface area contributed by atoms with Crippen molar-refractivity contribution in [1.82, 2.24) is 0 Å². The Bertz CT molecular complexity index is 670. The predicted molar refractivity (Wildman–Crippen MR) is 92.0 cm³/mol. The van der Waals surface area contributed by atoms with Crippen molar-refractivity contribution in [1.29, 1.82) is 0 Å². The van der Waals surface area contributed by atoms with Crippen LogP contribution >= 0.6 is 27.5 Å². The molecule has 0 radical (unpaired) electrons. The Labute approximate surface area is 138 Å². The number of hydrogen-bond acceptors (Lipinski definition) is 1. The summed E-state index contributed by atoms with van der Waals surface area (Å²) in [5.74, 6) is -0.00776. The van der Waals surface area contributed by atoms with Crippen molar-refractivity contribution in [2.75, 3.05) is 5.32 Å². The molecule has 0 spiro atoms. The van der Waals surface area contributed by atoms with Gasteiger partial charge < -0.3 is 5.32 Å². The highest BCUT2D eigenvalue weighted by atomic mass is 79.9. The average molecular weight is 367 g/mol. The number of amides is 1. The summed E-state index contributed by atoms with van der Waals surface area (Å²) in [6.07, 6.45) is 1.19. The third-order valence-corrected chi connectivity index (χ3v) is 4.65. The monoisotopic (exact) mass is 365 g/mol. The van der Waals surface area contributed by atoms with Gasteiger partial charge in [-0.1, -0.05) is 29.8 Å². The molecule has 2 rings (SSSR count). The smallest absolute Gasteiger partial charge is 0.224 e. The van der Waals surface area contributed by atoms with Gasteiger partial charge in [0.05, 0.1) is 5.02 Å². The van der Waals surface area contributed by atoms with Gasteiger partial charge in [0.25, 0.3) is 0 Å². The molecular weight excluding hydrogens is 350 g/mol. The van der Waals surface area contributed by atoms with Crippen LogP contribution in [-0.4, -0.2) is 5.91 Å².